The van der Waals surface area contributed by atoms with Crippen LogP contribution in [-0.2, 0) is 6.42 Å². The number of hydrogen-bond acceptors (Lipinski definition) is 4. The predicted molar refractivity (Wildman–Crippen MR) is 127 cm³/mol. The zero-order chi connectivity index (χ0) is 20.2. The number of guanidine groups is 1. The number of aromatic nitrogens is 1. The van der Waals surface area contributed by atoms with E-state index < -0.39 is 0 Å². The van der Waals surface area contributed by atoms with E-state index in [1.54, 1.807) is 31.4 Å². The van der Waals surface area contributed by atoms with Gasteiger partial charge in [-0.15, -0.1) is 24.0 Å². The summed E-state index contributed by atoms with van der Waals surface area (Å²) < 4.78 is 5.62. The molecule has 29 heavy (non-hydrogen) atoms. The Morgan fingerprint density at radius 3 is 2.72 bits per heavy atom. The van der Waals surface area contributed by atoms with Gasteiger partial charge in [-0.25, -0.2) is 0 Å². The van der Waals surface area contributed by atoms with Crippen molar-refractivity contribution in [2.45, 2.75) is 13.3 Å². The van der Waals surface area contributed by atoms with Gasteiger partial charge in [0.05, 0.1) is 12.7 Å². The Kier molecular flexibility index (Phi) is 11.7. The van der Waals surface area contributed by atoms with Crippen molar-refractivity contribution >= 4 is 35.8 Å². The number of amides is 1. The highest BCUT2D eigenvalue weighted by atomic mass is 127. The van der Waals surface area contributed by atoms with E-state index in [2.05, 4.69) is 20.6 Å². The van der Waals surface area contributed by atoms with Crippen LogP contribution in [0.3, 0.4) is 0 Å². The first kappa shape index (κ1) is 24.7. The van der Waals surface area contributed by atoms with Crippen molar-refractivity contribution in [1.82, 2.24) is 20.5 Å². The number of carbonyl (C=O) groups excluding carboxylic acids is 1. The molecule has 0 fully saturated rings. The molecule has 7 nitrogen and oxygen atoms in total. The van der Waals surface area contributed by atoms with Gasteiger partial charge in [0.1, 0.15) is 12.4 Å². The number of rotatable bonds is 9. The maximum atomic E-state index is 12.1. The zero-order valence-electron chi connectivity index (χ0n) is 17.2. The summed E-state index contributed by atoms with van der Waals surface area (Å²) in [6.07, 6.45) is 4.17. The van der Waals surface area contributed by atoms with Gasteiger partial charge in [-0.1, -0.05) is 12.1 Å². The molecule has 0 atom stereocenters. The summed E-state index contributed by atoms with van der Waals surface area (Å²) in [6, 6.07) is 11.4. The fraction of sp³-hybridized carbons (Fsp3) is 0.381. The minimum Gasteiger partial charge on any atom is -0.490 e. The third kappa shape index (κ3) is 9.12. The molecule has 0 radical (unpaired) electrons. The third-order valence-electron chi connectivity index (χ3n) is 3.89. The minimum atomic E-state index is 0. The zero-order valence-corrected chi connectivity index (χ0v) is 19.6. The second-order valence-electron chi connectivity index (χ2n) is 6.37. The second-order valence-corrected chi connectivity index (χ2v) is 6.37. The van der Waals surface area contributed by atoms with Crippen molar-refractivity contribution in [1.29, 1.82) is 0 Å². The molecular weight excluding hydrogens is 481 g/mol. The Bertz CT molecular complexity index is 769. The first-order valence-corrected chi connectivity index (χ1v) is 9.45. The van der Waals surface area contributed by atoms with Crippen LogP contribution < -0.4 is 15.4 Å². The van der Waals surface area contributed by atoms with Crippen LogP contribution in [0.15, 0.2) is 53.8 Å². The van der Waals surface area contributed by atoms with Crippen molar-refractivity contribution in [2.24, 2.45) is 4.99 Å². The van der Waals surface area contributed by atoms with Gasteiger partial charge in [-0.2, -0.15) is 0 Å². The van der Waals surface area contributed by atoms with Gasteiger partial charge in [-0.05, 0) is 43.2 Å². The topological polar surface area (TPSA) is 78.9 Å². The van der Waals surface area contributed by atoms with E-state index in [4.69, 9.17) is 4.74 Å². The lowest BCUT2D eigenvalue weighted by atomic mass is 10.1. The van der Waals surface area contributed by atoms with Gasteiger partial charge >= 0.3 is 0 Å². The molecule has 1 aromatic carbocycles. The van der Waals surface area contributed by atoms with Crippen LogP contribution in [0.25, 0.3) is 0 Å². The van der Waals surface area contributed by atoms with E-state index >= 15 is 0 Å². The molecule has 2 rings (SSSR count). The van der Waals surface area contributed by atoms with E-state index in [9.17, 15) is 4.79 Å². The Morgan fingerprint density at radius 2 is 2.03 bits per heavy atom. The fourth-order valence-electron chi connectivity index (χ4n) is 2.53. The molecular formula is C21H30IN5O2. The largest absolute Gasteiger partial charge is 0.490 e. The predicted octanol–water partition coefficient (Wildman–Crippen LogP) is 2.58. The van der Waals surface area contributed by atoms with Gasteiger partial charge < -0.3 is 20.3 Å². The number of pyridine rings is 1. The molecule has 0 unspecified atom stereocenters. The first-order valence-electron chi connectivity index (χ1n) is 9.45. The first-order chi connectivity index (χ1) is 13.6. The molecule has 8 heteroatoms. The minimum absolute atomic E-state index is 0. The van der Waals surface area contributed by atoms with E-state index in [1.165, 1.54) is 0 Å². The maximum absolute atomic E-state index is 12.1. The van der Waals surface area contributed by atoms with Gasteiger partial charge in [0.15, 0.2) is 5.96 Å². The molecule has 0 saturated carbocycles. The number of halogens is 1. The van der Waals surface area contributed by atoms with Crippen molar-refractivity contribution in [2.75, 3.05) is 40.3 Å². The molecule has 1 heterocycles. The molecule has 2 N–H and O–H groups in total. The monoisotopic (exact) mass is 511 g/mol. The Morgan fingerprint density at radius 1 is 1.21 bits per heavy atom. The van der Waals surface area contributed by atoms with E-state index in [-0.39, 0.29) is 29.9 Å². The van der Waals surface area contributed by atoms with Crippen LogP contribution >= 0.6 is 24.0 Å². The fourth-order valence-corrected chi connectivity index (χ4v) is 2.53. The van der Waals surface area contributed by atoms with Crippen molar-refractivity contribution in [3.05, 3.63) is 59.9 Å². The van der Waals surface area contributed by atoms with Crippen LogP contribution in [-0.4, -0.2) is 62.1 Å². The number of nitrogens with zero attached hydrogens (tertiary/aromatic N) is 3. The Balaban J connectivity index is 0.00000420. The third-order valence-corrected chi connectivity index (χ3v) is 3.89. The molecule has 0 bridgehead atoms. The van der Waals surface area contributed by atoms with Gasteiger partial charge in [0, 0.05) is 38.9 Å². The van der Waals surface area contributed by atoms with Crippen LogP contribution in [0.2, 0.25) is 0 Å². The van der Waals surface area contributed by atoms with Crippen LogP contribution in [0, 0.1) is 0 Å². The summed E-state index contributed by atoms with van der Waals surface area (Å²) >= 11 is 0. The lowest BCUT2D eigenvalue weighted by Crippen LogP contribution is -2.39. The molecule has 0 aliphatic rings. The van der Waals surface area contributed by atoms with E-state index in [0.717, 1.165) is 30.2 Å². The van der Waals surface area contributed by atoms with E-state index in [1.807, 2.05) is 43.3 Å². The number of hydrogen-bond donors (Lipinski definition) is 2. The molecule has 0 aliphatic heterocycles. The van der Waals surface area contributed by atoms with Gasteiger partial charge in [0.2, 0.25) is 0 Å². The second kappa shape index (κ2) is 13.8. The average molecular weight is 511 g/mol. The quantitative estimate of drug-likeness (QED) is 0.234. The van der Waals surface area contributed by atoms with Crippen LogP contribution in [0.1, 0.15) is 22.8 Å². The molecule has 158 valence electrons. The van der Waals surface area contributed by atoms with Crippen molar-refractivity contribution in [3.63, 3.8) is 0 Å². The summed E-state index contributed by atoms with van der Waals surface area (Å²) in [7, 11) is 3.51. The number of ether oxygens (including phenoxy) is 1. The smallest absolute Gasteiger partial charge is 0.253 e. The Labute approximate surface area is 190 Å². The number of aliphatic imine (C=N–C) groups is 1. The van der Waals surface area contributed by atoms with Crippen LogP contribution in [0.5, 0.6) is 5.75 Å². The molecule has 1 aromatic heterocycles. The maximum Gasteiger partial charge on any atom is 0.253 e. The van der Waals surface area contributed by atoms with Crippen molar-refractivity contribution < 1.29 is 9.53 Å². The number of carbonyl (C=O) groups is 1. The van der Waals surface area contributed by atoms with E-state index in [0.29, 0.717) is 25.3 Å². The van der Waals surface area contributed by atoms with Crippen LogP contribution in [0.4, 0.5) is 0 Å². The molecule has 0 spiro atoms. The normalized spacial score (nSPS) is 10.7. The molecule has 1 amide bonds. The lowest BCUT2D eigenvalue weighted by molar-refractivity contribution is 0.0827. The highest BCUT2D eigenvalue weighted by Crippen LogP contribution is 2.08. The lowest BCUT2D eigenvalue weighted by Gasteiger charge is -2.12. The highest BCUT2D eigenvalue weighted by Gasteiger charge is 2.08. The van der Waals surface area contributed by atoms with Gasteiger partial charge in [-0.3, -0.25) is 14.8 Å². The molecule has 0 aliphatic carbocycles. The summed E-state index contributed by atoms with van der Waals surface area (Å²) in [5.74, 6) is 1.50. The summed E-state index contributed by atoms with van der Waals surface area (Å²) in [6.45, 7) is 4.58. The number of nitrogens with one attached hydrogen (secondary N) is 2. The van der Waals surface area contributed by atoms with Gasteiger partial charge in [0.25, 0.3) is 5.91 Å². The SMILES string of the molecule is CCNC(=NCCc1cccc(C(=O)N(C)C)c1)NCCOc1cccnc1.I. The Hall–Kier alpha value is -2.36. The molecule has 0 saturated heterocycles. The number of benzene rings is 1. The summed E-state index contributed by atoms with van der Waals surface area (Å²) in [5, 5.41) is 6.48. The standard InChI is InChI=1S/C21H29N5O2.HI/c1-4-23-21(25-13-14-28-19-9-6-11-22-16-19)24-12-10-17-7-5-8-18(15-17)20(27)26(2)3;/h5-9,11,15-16H,4,10,12-14H2,1-3H3,(H2,23,24,25);1H. The molecule has 2 aromatic rings. The van der Waals surface area contributed by atoms with Crippen molar-refractivity contribution in [3.8, 4) is 5.75 Å². The average Bonchev–Trinajstić information content (AvgIpc) is 2.71. The summed E-state index contributed by atoms with van der Waals surface area (Å²) in [5.41, 5.74) is 1.79. The highest BCUT2D eigenvalue weighted by molar-refractivity contribution is 14.0. The summed E-state index contributed by atoms with van der Waals surface area (Å²) in [4.78, 5) is 22.3.